The number of methoxy groups -OCH3 is 2. The van der Waals surface area contributed by atoms with Gasteiger partial charge in [-0.25, -0.2) is 8.42 Å². The molecule has 0 saturated carbocycles. The van der Waals surface area contributed by atoms with Gasteiger partial charge in [0, 0.05) is 37.1 Å². The van der Waals surface area contributed by atoms with Gasteiger partial charge in [-0.2, -0.15) is 4.31 Å². The van der Waals surface area contributed by atoms with Gasteiger partial charge in [-0.05, 0) is 23.6 Å². The van der Waals surface area contributed by atoms with Crippen molar-refractivity contribution in [3.05, 3.63) is 40.6 Å². The molecule has 3 rings (SSSR count). The summed E-state index contributed by atoms with van der Waals surface area (Å²) in [7, 11) is -0.829. The molecule has 1 aliphatic rings. The zero-order valence-corrected chi connectivity index (χ0v) is 16.9. The summed E-state index contributed by atoms with van der Waals surface area (Å²) in [5.74, 6) is 0.736. The molecule has 1 saturated heterocycles. The Hall–Kier alpha value is -2.10. The summed E-state index contributed by atoms with van der Waals surface area (Å²) in [5.41, 5.74) is 0. The van der Waals surface area contributed by atoms with Gasteiger partial charge in [0.25, 0.3) is 0 Å². The highest BCUT2D eigenvalue weighted by molar-refractivity contribution is 7.89. The zero-order chi connectivity index (χ0) is 19.4. The number of carbonyl (C=O) groups is 1. The van der Waals surface area contributed by atoms with Crippen molar-refractivity contribution in [3.8, 4) is 11.5 Å². The molecule has 1 aromatic heterocycles. The number of thiophene rings is 1. The summed E-state index contributed by atoms with van der Waals surface area (Å²) in [4.78, 5) is 15.2. The Labute approximate surface area is 163 Å². The zero-order valence-electron chi connectivity index (χ0n) is 15.3. The molecule has 1 fully saturated rings. The summed E-state index contributed by atoms with van der Waals surface area (Å²) in [6.07, 6.45) is 0.355. The Morgan fingerprint density at radius 3 is 2.44 bits per heavy atom. The first-order chi connectivity index (χ1) is 13.0. The lowest BCUT2D eigenvalue weighted by Crippen LogP contribution is -2.50. The van der Waals surface area contributed by atoms with Crippen molar-refractivity contribution in [1.82, 2.24) is 9.21 Å². The van der Waals surface area contributed by atoms with Gasteiger partial charge in [-0.1, -0.05) is 6.07 Å². The van der Waals surface area contributed by atoms with Crippen molar-refractivity contribution in [3.63, 3.8) is 0 Å². The van der Waals surface area contributed by atoms with Crippen molar-refractivity contribution in [2.45, 2.75) is 11.3 Å². The molecule has 9 heteroatoms. The molecule has 0 bridgehead atoms. The number of ether oxygens (including phenoxy) is 2. The van der Waals surface area contributed by atoms with Crippen molar-refractivity contribution in [2.75, 3.05) is 40.4 Å². The third-order valence-electron chi connectivity index (χ3n) is 4.49. The topological polar surface area (TPSA) is 76.2 Å². The van der Waals surface area contributed by atoms with Crippen LogP contribution in [0.1, 0.15) is 4.88 Å². The second kappa shape index (κ2) is 8.28. The molecule has 2 heterocycles. The number of rotatable bonds is 6. The predicted molar refractivity (Wildman–Crippen MR) is 103 cm³/mol. The fraction of sp³-hybridized carbons (Fsp3) is 0.389. The lowest BCUT2D eigenvalue weighted by Gasteiger charge is -2.34. The Morgan fingerprint density at radius 1 is 1.11 bits per heavy atom. The van der Waals surface area contributed by atoms with Gasteiger partial charge in [-0.15, -0.1) is 11.3 Å². The molecule has 7 nitrogen and oxygen atoms in total. The molecule has 0 N–H and O–H groups in total. The molecule has 27 heavy (non-hydrogen) atoms. The number of sulfonamides is 1. The quantitative estimate of drug-likeness (QED) is 0.726. The van der Waals surface area contributed by atoms with Crippen LogP contribution in [0.4, 0.5) is 0 Å². The normalized spacial score (nSPS) is 15.6. The highest BCUT2D eigenvalue weighted by Crippen LogP contribution is 2.31. The summed E-state index contributed by atoms with van der Waals surface area (Å²) in [6.45, 7) is 1.24. The van der Waals surface area contributed by atoms with Crippen LogP contribution in [-0.2, 0) is 21.2 Å². The molecule has 1 aromatic carbocycles. The molecule has 146 valence electrons. The standard InChI is InChI=1S/C18H22N2O5S2/c1-24-14-5-6-16(25-2)17(12-14)27(22,23)20-9-7-19(8-10-20)18(21)13-15-4-3-11-26-15/h3-6,11-12H,7-10,13H2,1-2H3. The first-order valence-electron chi connectivity index (χ1n) is 8.48. The maximum absolute atomic E-state index is 13.1. The van der Waals surface area contributed by atoms with Crippen LogP contribution in [0.25, 0.3) is 0 Å². The second-order valence-electron chi connectivity index (χ2n) is 6.06. The minimum Gasteiger partial charge on any atom is -0.497 e. The first-order valence-corrected chi connectivity index (χ1v) is 10.8. The monoisotopic (exact) mass is 410 g/mol. The predicted octanol–water partition coefficient (Wildman–Crippen LogP) is 1.84. The third kappa shape index (κ3) is 4.26. The number of amides is 1. The molecule has 0 aliphatic carbocycles. The van der Waals surface area contributed by atoms with Gasteiger partial charge in [0.05, 0.1) is 20.6 Å². The molecule has 0 radical (unpaired) electrons. The van der Waals surface area contributed by atoms with Gasteiger partial charge >= 0.3 is 0 Å². The number of piperazine rings is 1. The second-order valence-corrected chi connectivity index (χ2v) is 9.00. The summed E-state index contributed by atoms with van der Waals surface area (Å²) in [6, 6.07) is 8.53. The lowest BCUT2D eigenvalue weighted by atomic mass is 10.3. The molecule has 0 atom stereocenters. The van der Waals surface area contributed by atoms with E-state index >= 15 is 0 Å². The van der Waals surface area contributed by atoms with Crippen LogP contribution in [0.5, 0.6) is 11.5 Å². The fourth-order valence-corrected chi connectivity index (χ4v) is 5.27. The Balaban J connectivity index is 1.70. The smallest absolute Gasteiger partial charge is 0.247 e. The average Bonchev–Trinajstić information content (AvgIpc) is 3.20. The molecule has 0 unspecified atom stereocenters. The minimum atomic E-state index is -3.74. The number of hydrogen-bond acceptors (Lipinski definition) is 6. The van der Waals surface area contributed by atoms with Crippen molar-refractivity contribution in [1.29, 1.82) is 0 Å². The lowest BCUT2D eigenvalue weighted by molar-refractivity contribution is -0.131. The van der Waals surface area contributed by atoms with Crippen LogP contribution in [-0.4, -0.2) is 63.9 Å². The number of nitrogens with zero attached hydrogens (tertiary/aromatic N) is 2. The van der Waals surface area contributed by atoms with Crippen LogP contribution in [0.15, 0.2) is 40.6 Å². The van der Waals surface area contributed by atoms with E-state index < -0.39 is 10.0 Å². The third-order valence-corrected chi connectivity index (χ3v) is 7.28. The average molecular weight is 411 g/mol. The van der Waals surface area contributed by atoms with Crippen molar-refractivity contribution >= 4 is 27.3 Å². The Morgan fingerprint density at radius 2 is 1.85 bits per heavy atom. The Bertz CT molecular complexity index is 888. The van der Waals surface area contributed by atoms with Gasteiger partial charge in [0.1, 0.15) is 16.4 Å². The SMILES string of the molecule is COc1ccc(OC)c(S(=O)(=O)N2CCN(C(=O)Cc3cccs3)CC2)c1. The van der Waals surface area contributed by atoms with Gasteiger partial charge in [-0.3, -0.25) is 4.79 Å². The first kappa shape index (κ1) is 19.7. The van der Waals surface area contributed by atoms with E-state index in [1.165, 1.54) is 24.6 Å². The van der Waals surface area contributed by atoms with E-state index in [1.54, 1.807) is 28.4 Å². The van der Waals surface area contributed by atoms with E-state index in [9.17, 15) is 13.2 Å². The molecule has 1 amide bonds. The van der Waals surface area contributed by atoms with Crippen LogP contribution < -0.4 is 9.47 Å². The molecule has 0 spiro atoms. The number of carbonyl (C=O) groups excluding carboxylic acids is 1. The van der Waals surface area contributed by atoms with E-state index in [-0.39, 0.29) is 29.6 Å². The van der Waals surface area contributed by atoms with Crippen LogP contribution in [0.2, 0.25) is 0 Å². The van der Waals surface area contributed by atoms with E-state index in [2.05, 4.69) is 0 Å². The fourth-order valence-electron chi connectivity index (χ4n) is 2.98. The van der Waals surface area contributed by atoms with Gasteiger partial charge in [0.2, 0.25) is 15.9 Å². The van der Waals surface area contributed by atoms with Gasteiger partial charge in [0.15, 0.2) is 0 Å². The highest BCUT2D eigenvalue weighted by atomic mass is 32.2. The molecule has 2 aromatic rings. The maximum atomic E-state index is 13.1. The van der Waals surface area contributed by atoms with Crippen LogP contribution in [0, 0.1) is 0 Å². The summed E-state index contributed by atoms with van der Waals surface area (Å²) >= 11 is 1.55. The van der Waals surface area contributed by atoms with Crippen molar-refractivity contribution < 1.29 is 22.7 Å². The summed E-state index contributed by atoms with van der Waals surface area (Å²) in [5, 5.41) is 1.94. The largest absolute Gasteiger partial charge is 0.497 e. The summed E-state index contributed by atoms with van der Waals surface area (Å²) < 4.78 is 37.9. The van der Waals surface area contributed by atoms with Gasteiger partial charge < -0.3 is 14.4 Å². The van der Waals surface area contributed by atoms with E-state index in [4.69, 9.17) is 9.47 Å². The molecular weight excluding hydrogens is 388 g/mol. The van der Waals surface area contributed by atoms with Crippen LogP contribution >= 0.6 is 11.3 Å². The maximum Gasteiger partial charge on any atom is 0.247 e. The minimum absolute atomic E-state index is 0.0217. The molecular formula is C18H22N2O5S2. The Kier molecular flexibility index (Phi) is 6.03. The number of benzene rings is 1. The van der Waals surface area contributed by atoms with E-state index in [0.29, 0.717) is 25.3 Å². The van der Waals surface area contributed by atoms with E-state index in [0.717, 1.165) is 4.88 Å². The highest BCUT2D eigenvalue weighted by Gasteiger charge is 2.32. The van der Waals surface area contributed by atoms with Crippen molar-refractivity contribution in [2.24, 2.45) is 0 Å². The van der Waals surface area contributed by atoms with E-state index in [1.807, 2.05) is 17.5 Å². The molecule has 1 aliphatic heterocycles. The van der Waals surface area contributed by atoms with Crippen LogP contribution in [0.3, 0.4) is 0 Å². The number of hydrogen-bond donors (Lipinski definition) is 0.